The topological polar surface area (TPSA) is 98.9 Å². The molecule has 0 bridgehead atoms. The normalized spacial score (nSPS) is 13.4. The predicted octanol–water partition coefficient (Wildman–Crippen LogP) is -0.0173. The minimum absolute atomic E-state index is 0.00104. The van der Waals surface area contributed by atoms with Gasteiger partial charge in [0.05, 0.1) is 7.11 Å². The molecule has 3 N–H and O–H groups in total. The van der Waals surface area contributed by atoms with Gasteiger partial charge in [-0.15, -0.1) is 0 Å². The number of carbonyl (C=O) groups excluding carboxylic acids is 2. The largest absolute Gasteiger partial charge is 0.467 e. The van der Waals surface area contributed by atoms with Gasteiger partial charge in [-0.2, -0.15) is 0 Å². The van der Waals surface area contributed by atoms with Gasteiger partial charge in [-0.3, -0.25) is 0 Å². The van der Waals surface area contributed by atoms with Crippen LogP contribution in [0.2, 0.25) is 0 Å². The number of aliphatic hydroxyl groups is 1. The van der Waals surface area contributed by atoms with Crippen LogP contribution in [0.4, 0.5) is 0 Å². The van der Waals surface area contributed by atoms with E-state index in [0.29, 0.717) is 0 Å². The molecular formula is C13H17NO5. The predicted molar refractivity (Wildman–Crippen MR) is 66.9 cm³/mol. The number of ether oxygens (including phenoxy) is 2. The zero-order valence-corrected chi connectivity index (χ0v) is 10.7. The molecule has 0 spiro atoms. The average molecular weight is 267 g/mol. The van der Waals surface area contributed by atoms with E-state index in [-0.39, 0.29) is 13.0 Å². The van der Waals surface area contributed by atoms with Gasteiger partial charge in [0, 0.05) is 13.0 Å². The second-order valence-corrected chi connectivity index (χ2v) is 4.00. The molecule has 0 aromatic heterocycles. The molecule has 0 saturated heterocycles. The molecule has 19 heavy (non-hydrogen) atoms. The van der Waals surface area contributed by atoms with E-state index >= 15 is 0 Å². The highest BCUT2D eigenvalue weighted by atomic mass is 16.6. The summed E-state index contributed by atoms with van der Waals surface area (Å²) in [7, 11) is 1.12. The second-order valence-electron chi connectivity index (χ2n) is 4.00. The van der Waals surface area contributed by atoms with E-state index in [9.17, 15) is 9.59 Å². The molecule has 0 aliphatic rings. The van der Waals surface area contributed by atoms with Crippen LogP contribution in [0, 0.1) is 0 Å². The highest BCUT2D eigenvalue weighted by Crippen LogP contribution is 2.13. The summed E-state index contributed by atoms with van der Waals surface area (Å²) in [4.78, 5) is 23.4. The van der Waals surface area contributed by atoms with Crippen molar-refractivity contribution < 1.29 is 24.2 Å². The summed E-state index contributed by atoms with van der Waals surface area (Å²) < 4.78 is 9.46. The lowest BCUT2D eigenvalue weighted by Gasteiger charge is -2.23. The number of rotatable bonds is 6. The molecule has 104 valence electrons. The minimum atomic E-state index is -1.97. The van der Waals surface area contributed by atoms with Crippen molar-refractivity contribution in [2.75, 3.05) is 13.7 Å². The second kappa shape index (κ2) is 6.86. The van der Waals surface area contributed by atoms with Crippen molar-refractivity contribution in [3.05, 3.63) is 35.9 Å². The molecule has 6 heteroatoms. The van der Waals surface area contributed by atoms with Crippen LogP contribution in [-0.2, 0) is 25.7 Å². The van der Waals surface area contributed by atoms with Crippen LogP contribution in [-0.4, -0.2) is 36.3 Å². The highest BCUT2D eigenvalue weighted by Gasteiger charge is 2.44. The first kappa shape index (κ1) is 15.1. The molecule has 1 aromatic carbocycles. The Morgan fingerprint density at radius 2 is 1.89 bits per heavy atom. The lowest BCUT2D eigenvalue weighted by molar-refractivity contribution is -0.164. The van der Waals surface area contributed by atoms with Crippen LogP contribution >= 0.6 is 0 Å². The SMILES string of the molecule is COC(=O)C(N)(CCO)C(=O)OCc1ccccc1. The molecule has 0 amide bonds. The Balaban J connectivity index is 2.70. The molecule has 0 aliphatic heterocycles. The molecule has 0 aliphatic carbocycles. The Morgan fingerprint density at radius 3 is 2.42 bits per heavy atom. The van der Waals surface area contributed by atoms with Crippen LogP contribution in [0.15, 0.2) is 30.3 Å². The van der Waals surface area contributed by atoms with Gasteiger partial charge in [-0.05, 0) is 5.56 Å². The first-order valence-electron chi connectivity index (χ1n) is 5.74. The minimum Gasteiger partial charge on any atom is -0.467 e. The van der Waals surface area contributed by atoms with Crippen LogP contribution in [0.1, 0.15) is 12.0 Å². The summed E-state index contributed by atoms with van der Waals surface area (Å²) >= 11 is 0. The van der Waals surface area contributed by atoms with Gasteiger partial charge in [-0.25, -0.2) is 9.59 Å². The number of esters is 2. The first-order valence-corrected chi connectivity index (χ1v) is 5.74. The van der Waals surface area contributed by atoms with E-state index in [2.05, 4.69) is 4.74 Å². The lowest BCUT2D eigenvalue weighted by atomic mass is 9.97. The van der Waals surface area contributed by atoms with Crippen LogP contribution in [0.3, 0.4) is 0 Å². The monoisotopic (exact) mass is 267 g/mol. The van der Waals surface area contributed by atoms with Crippen molar-refractivity contribution in [1.29, 1.82) is 0 Å². The fourth-order valence-electron chi connectivity index (χ4n) is 1.50. The van der Waals surface area contributed by atoms with Gasteiger partial charge in [0.1, 0.15) is 6.61 Å². The number of nitrogens with two attached hydrogens (primary N) is 1. The third-order valence-electron chi connectivity index (χ3n) is 2.63. The molecule has 0 heterocycles. The van der Waals surface area contributed by atoms with Crippen molar-refractivity contribution in [2.24, 2.45) is 5.73 Å². The molecule has 1 unspecified atom stereocenters. The summed E-state index contributed by atoms with van der Waals surface area (Å²) in [6, 6.07) is 8.98. The van der Waals surface area contributed by atoms with Crippen molar-refractivity contribution >= 4 is 11.9 Å². The van der Waals surface area contributed by atoms with Crippen molar-refractivity contribution in [3.8, 4) is 0 Å². The maximum atomic E-state index is 11.9. The summed E-state index contributed by atoms with van der Waals surface area (Å²) in [6.07, 6.45) is -0.257. The quantitative estimate of drug-likeness (QED) is 0.555. The molecule has 6 nitrogen and oxygen atoms in total. The fraction of sp³-hybridized carbons (Fsp3) is 0.385. The van der Waals surface area contributed by atoms with Crippen molar-refractivity contribution in [3.63, 3.8) is 0 Å². The molecule has 0 saturated carbocycles. The van der Waals surface area contributed by atoms with Gasteiger partial charge in [-0.1, -0.05) is 30.3 Å². The number of carbonyl (C=O) groups is 2. The number of hydrogen-bond donors (Lipinski definition) is 2. The van der Waals surface area contributed by atoms with E-state index in [1.54, 1.807) is 24.3 Å². The van der Waals surface area contributed by atoms with E-state index < -0.39 is 24.1 Å². The fourth-order valence-corrected chi connectivity index (χ4v) is 1.50. The maximum Gasteiger partial charge on any atom is 0.338 e. The Morgan fingerprint density at radius 1 is 1.26 bits per heavy atom. The van der Waals surface area contributed by atoms with Crippen LogP contribution in [0.25, 0.3) is 0 Å². The molecule has 1 atom stereocenters. The Kier molecular flexibility index (Phi) is 5.47. The summed E-state index contributed by atoms with van der Waals surface area (Å²) in [5, 5.41) is 8.88. The summed E-state index contributed by atoms with van der Waals surface area (Å²) in [6.45, 7) is -0.424. The Labute approximate surface area is 111 Å². The lowest BCUT2D eigenvalue weighted by Crippen LogP contribution is -2.56. The smallest absolute Gasteiger partial charge is 0.338 e. The Hall–Kier alpha value is -1.92. The molecule has 1 rings (SSSR count). The van der Waals surface area contributed by atoms with Gasteiger partial charge >= 0.3 is 11.9 Å². The van der Waals surface area contributed by atoms with Crippen molar-refractivity contribution in [1.82, 2.24) is 0 Å². The van der Waals surface area contributed by atoms with Crippen molar-refractivity contribution in [2.45, 2.75) is 18.6 Å². The first-order chi connectivity index (χ1) is 9.04. The highest BCUT2D eigenvalue weighted by molar-refractivity contribution is 6.04. The van der Waals surface area contributed by atoms with E-state index in [4.69, 9.17) is 15.6 Å². The number of aliphatic hydroxyl groups excluding tert-OH is 1. The zero-order valence-electron chi connectivity index (χ0n) is 10.7. The number of methoxy groups -OCH3 is 1. The van der Waals surface area contributed by atoms with Gasteiger partial charge in [0.25, 0.3) is 0 Å². The van der Waals surface area contributed by atoms with E-state index in [1.807, 2.05) is 6.07 Å². The number of hydrogen-bond acceptors (Lipinski definition) is 6. The van der Waals surface area contributed by atoms with E-state index in [1.165, 1.54) is 0 Å². The summed E-state index contributed by atoms with van der Waals surface area (Å²) in [5.74, 6) is -1.85. The van der Waals surface area contributed by atoms with Crippen LogP contribution < -0.4 is 5.73 Å². The molecule has 1 aromatic rings. The van der Waals surface area contributed by atoms with Gasteiger partial charge < -0.3 is 20.3 Å². The number of benzene rings is 1. The standard InChI is InChI=1S/C13H17NO5/c1-18-11(16)13(14,7-8-15)12(17)19-9-10-5-3-2-4-6-10/h2-6,15H,7-9,14H2,1H3. The van der Waals surface area contributed by atoms with Crippen LogP contribution in [0.5, 0.6) is 0 Å². The third-order valence-corrected chi connectivity index (χ3v) is 2.63. The van der Waals surface area contributed by atoms with Gasteiger partial charge in [0.15, 0.2) is 0 Å². The average Bonchev–Trinajstić information content (AvgIpc) is 2.45. The third kappa shape index (κ3) is 3.77. The summed E-state index contributed by atoms with van der Waals surface area (Å²) in [5.41, 5.74) is 4.46. The van der Waals surface area contributed by atoms with Gasteiger partial charge in [0.2, 0.25) is 5.54 Å². The molecular weight excluding hydrogens is 250 g/mol. The molecule has 0 radical (unpaired) electrons. The maximum absolute atomic E-state index is 11.9. The molecule has 0 fully saturated rings. The van der Waals surface area contributed by atoms with E-state index in [0.717, 1.165) is 12.7 Å². The zero-order chi connectivity index (χ0) is 14.3. The Bertz CT molecular complexity index is 434.